The molecule has 0 aliphatic heterocycles. The first-order valence-electron chi connectivity index (χ1n) is 5.51. The Bertz CT molecular complexity index is 645. The van der Waals surface area contributed by atoms with E-state index in [0.717, 1.165) is 5.56 Å². The molecule has 0 heterocycles. The number of hydrogen-bond acceptors (Lipinski definition) is 1. The molecule has 0 fully saturated rings. The van der Waals surface area contributed by atoms with Crippen molar-refractivity contribution in [3.8, 4) is 0 Å². The van der Waals surface area contributed by atoms with Crippen molar-refractivity contribution in [2.75, 3.05) is 5.32 Å². The molecular weight excluding hydrogens is 333 g/mol. The minimum absolute atomic E-state index is 0.0197. The molecule has 0 saturated heterocycles. The molecule has 2 aromatic rings. The zero-order valence-electron chi connectivity index (χ0n) is 10.0. The predicted octanol–water partition coefficient (Wildman–Crippen LogP) is 4.80. The maximum absolute atomic E-state index is 13.8. The topological polar surface area (TPSA) is 29.1 Å². The summed E-state index contributed by atoms with van der Waals surface area (Å²) in [7, 11) is 0. The lowest BCUT2D eigenvalue weighted by Gasteiger charge is -2.10. The number of halogens is 3. The molecule has 1 amide bonds. The maximum Gasteiger partial charge on any atom is 0.258 e. The molecule has 0 atom stereocenters. The molecular formula is C14H10BrClFNO. The van der Waals surface area contributed by atoms with E-state index in [1.54, 1.807) is 31.2 Å². The number of carbonyl (C=O) groups is 1. The molecule has 5 heteroatoms. The Balaban J connectivity index is 2.31. The van der Waals surface area contributed by atoms with Crippen LogP contribution >= 0.6 is 27.5 Å². The molecule has 0 aromatic heterocycles. The van der Waals surface area contributed by atoms with Gasteiger partial charge in [-0.2, -0.15) is 0 Å². The first kappa shape index (κ1) is 14.0. The molecule has 0 spiro atoms. The van der Waals surface area contributed by atoms with Crippen molar-refractivity contribution in [3.05, 3.63) is 62.8 Å². The zero-order chi connectivity index (χ0) is 14.0. The third-order valence-corrected chi connectivity index (χ3v) is 3.73. The van der Waals surface area contributed by atoms with E-state index in [-0.39, 0.29) is 10.0 Å². The summed E-state index contributed by atoms with van der Waals surface area (Å²) in [6.45, 7) is 1.79. The van der Waals surface area contributed by atoms with Gasteiger partial charge in [0.25, 0.3) is 5.91 Å². The van der Waals surface area contributed by atoms with E-state index < -0.39 is 11.7 Å². The molecule has 98 valence electrons. The summed E-state index contributed by atoms with van der Waals surface area (Å²) in [6, 6.07) is 9.74. The fourth-order valence-electron chi connectivity index (χ4n) is 1.61. The van der Waals surface area contributed by atoms with E-state index in [0.29, 0.717) is 10.7 Å². The largest absolute Gasteiger partial charge is 0.322 e. The lowest BCUT2D eigenvalue weighted by Crippen LogP contribution is -2.14. The third-order valence-electron chi connectivity index (χ3n) is 2.71. The third kappa shape index (κ3) is 2.96. The molecule has 2 nitrogen and oxygen atoms in total. The second-order valence-corrected chi connectivity index (χ2v) is 5.23. The Labute approximate surface area is 123 Å². The van der Waals surface area contributed by atoms with Gasteiger partial charge in [-0.15, -0.1) is 0 Å². The van der Waals surface area contributed by atoms with E-state index in [1.807, 2.05) is 0 Å². The van der Waals surface area contributed by atoms with Crippen LogP contribution in [0.15, 0.2) is 40.9 Å². The van der Waals surface area contributed by atoms with Gasteiger partial charge in [0.15, 0.2) is 0 Å². The minimum Gasteiger partial charge on any atom is -0.322 e. The fraction of sp³-hybridized carbons (Fsp3) is 0.0714. The van der Waals surface area contributed by atoms with E-state index in [9.17, 15) is 9.18 Å². The average Bonchev–Trinajstić information content (AvgIpc) is 2.38. The first-order chi connectivity index (χ1) is 9.00. The molecule has 2 aromatic carbocycles. The van der Waals surface area contributed by atoms with Gasteiger partial charge in [0.05, 0.1) is 10.0 Å². The zero-order valence-corrected chi connectivity index (χ0v) is 12.3. The highest BCUT2D eigenvalue weighted by atomic mass is 79.9. The van der Waals surface area contributed by atoms with Crippen LogP contribution in [0.25, 0.3) is 0 Å². The van der Waals surface area contributed by atoms with E-state index in [4.69, 9.17) is 11.6 Å². The summed E-state index contributed by atoms with van der Waals surface area (Å²) in [5.74, 6) is -1.09. The van der Waals surface area contributed by atoms with E-state index in [2.05, 4.69) is 21.2 Å². The van der Waals surface area contributed by atoms with Crippen molar-refractivity contribution in [1.29, 1.82) is 0 Å². The van der Waals surface area contributed by atoms with Crippen LogP contribution in [0.4, 0.5) is 10.1 Å². The Morgan fingerprint density at radius 1 is 1.26 bits per heavy atom. The van der Waals surface area contributed by atoms with E-state index in [1.165, 1.54) is 12.1 Å². The van der Waals surface area contributed by atoms with Crippen LogP contribution in [-0.4, -0.2) is 5.91 Å². The molecule has 1 N–H and O–H groups in total. The standard InChI is InChI=1S/C14H10BrClFNO/c1-8-11(16)6-3-7-12(8)18-14(19)9-4-2-5-10(15)13(9)17/h2-7H,1H3,(H,18,19). The number of carbonyl (C=O) groups excluding carboxylic acids is 1. The number of nitrogens with one attached hydrogen (secondary N) is 1. The Morgan fingerprint density at radius 2 is 1.95 bits per heavy atom. The number of amides is 1. The molecule has 0 aliphatic carbocycles. The highest BCUT2D eigenvalue weighted by molar-refractivity contribution is 9.10. The van der Waals surface area contributed by atoms with Crippen molar-refractivity contribution >= 4 is 39.1 Å². The lowest BCUT2D eigenvalue weighted by molar-refractivity contribution is 0.102. The van der Waals surface area contributed by atoms with Gasteiger partial charge in [0, 0.05) is 10.7 Å². The van der Waals surface area contributed by atoms with Gasteiger partial charge in [-0.1, -0.05) is 23.7 Å². The van der Waals surface area contributed by atoms with Gasteiger partial charge < -0.3 is 5.32 Å². The number of hydrogen-bond donors (Lipinski definition) is 1. The molecule has 0 bridgehead atoms. The summed E-state index contributed by atoms with van der Waals surface area (Å²) >= 11 is 9.02. The second-order valence-electron chi connectivity index (χ2n) is 3.97. The quantitative estimate of drug-likeness (QED) is 0.834. The Hall–Kier alpha value is -1.39. The molecule has 0 radical (unpaired) electrons. The van der Waals surface area contributed by atoms with Crippen molar-refractivity contribution in [1.82, 2.24) is 0 Å². The van der Waals surface area contributed by atoms with Crippen molar-refractivity contribution in [2.24, 2.45) is 0 Å². The van der Waals surface area contributed by atoms with Gasteiger partial charge >= 0.3 is 0 Å². The van der Waals surface area contributed by atoms with Crippen LogP contribution in [0.1, 0.15) is 15.9 Å². The Morgan fingerprint density at radius 3 is 2.68 bits per heavy atom. The number of rotatable bonds is 2. The van der Waals surface area contributed by atoms with Crippen molar-refractivity contribution < 1.29 is 9.18 Å². The van der Waals surface area contributed by atoms with Gasteiger partial charge in [0.1, 0.15) is 5.82 Å². The SMILES string of the molecule is Cc1c(Cl)cccc1NC(=O)c1cccc(Br)c1F. The van der Waals surface area contributed by atoms with Crippen molar-refractivity contribution in [2.45, 2.75) is 6.92 Å². The van der Waals surface area contributed by atoms with Crippen molar-refractivity contribution in [3.63, 3.8) is 0 Å². The summed E-state index contributed by atoms with van der Waals surface area (Å²) < 4.78 is 14.1. The molecule has 0 saturated carbocycles. The summed E-state index contributed by atoms with van der Waals surface area (Å²) in [5, 5.41) is 3.20. The molecule has 2 rings (SSSR count). The average molecular weight is 343 g/mol. The van der Waals surface area contributed by atoms with Crippen LogP contribution in [0, 0.1) is 12.7 Å². The predicted molar refractivity (Wildman–Crippen MR) is 78.2 cm³/mol. The molecule has 19 heavy (non-hydrogen) atoms. The van der Waals surface area contributed by atoms with E-state index >= 15 is 0 Å². The van der Waals surface area contributed by atoms with Crippen LogP contribution < -0.4 is 5.32 Å². The summed E-state index contributed by atoms with van der Waals surface area (Å²) in [5.41, 5.74) is 1.29. The minimum atomic E-state index is -0.584. The van der Waals surface area contributed by atoms with Crippen LogP contribution in [0.5, 0.6) is 0 Å². The maximum atomic E-state index is 13.8. The van der Waals surface area contributed by atoms with Crippen LogP contribution in [-0.2, 0) is 0 Å². The van der Waals surface area contributed by atoms with Crippen LogP contribution in [0.3, 0.4) is 0 Å². The summed E-state index contributed by atoms with van der Waals surface area (Å²) in [6.07, 6.45) is 0. The first-order valence-corrected chi connectivity index (χ1v) is 6.68. The summed E-state index contributed by atoms with van der Waals surface area (Å²) in [4.78, 5) is 12.0. The highest BCUT2D eigenvalue weighted by Gasteiger charge is 2.15. The van der Waals surface area contributed by atoms with Gasteiger partial charge in [-0.25, -0.2) is 4.39 Å². The highest BCUT2D eigenvalue weighted by Crippen LogP contribution is 2.24. The normalized spacial score (nSPS) is 10.3. The monoisotopic (exact) mass is 341 g/mol. The number of anilines is 1. The molecule has 0 unspecified atom stereocenters. The smallest absolute Gasteiger partial charge is 0.258 e. The fourth-order valence-corrected chi connectivity index (χ4v) is 2.15. The molecule has 0 aliphatic rings. The van der Waals surface area contributed by atoms with Gasteiger partial charge in [0.2, 0.25) is 0 Å². The van der Waals surface area contributed by atoms with Crippen LogP contribution in [0.2, 0.25) is 5.02 Å². The second kappa shape index (κ2) is 5.72. The number of benzene rings is 2. The van der Waals surface area contributed by atoms with Gasteiger partial charge in [-0.3, -0.25) is 4.79 Å². The Kier molecular flexibility index (Phi) is 4.22. The lowest BCUT2D eigenvalue weighted by atomic mass is 10.1. The van der Waals surface area contributed by atoms with Gasteiger partial charge in [-0.05, 0) is 52.7 Å².